The first-order chi connectivity index (χ1) is 21.7. The van der Waals surface area contributed by atoms with Gasteiger partial charge in [0.25, 0.3) is 0 Å². The van der Waals surface area contributed by atoms with Crippen LogP contribution < -0.4 is 5.43 Å². The molecule has 0 fully saturated rings. The molecule has 1 nitrogen and oxygen atoms in total. The van der Waals surface area contributed by atoms with Crippen LogP contribution in [0.25, 0.3) is 55.1 Å². The fourth-order valence-electron chi connectivity index (χ4n) is 8.28. The van der Waals surface area contributed by atoms with Gasteiger partial charge in [0, 0.05) is 31.4 Å². The van der Waals surface area contributed by atoms with E-state index in [1.54, 1.807) is 11.3 Å². The summed E-state index contributed by atoms with van der Waals surface area (Å²) in [5, 5.41) is 0.822. The minimum atomic E-state index is -0.0552. The second kappa shape index (κ2) is 9.25. The number of hydrogen-bond acceptors (Lipinski definition) is 2. The lowest BCUT2D eigenvalue weighted by Crippen LogP contribution is -2.15. The fraction of sp³-hybridized carbons (Fsp3) is 0.186. The molecule has 0 amide bonds. The summed E-state index contributed by atoms with van der Waals surface area (Å²) in [7, 11) is 0. The number of fused-ring (bicyclic) bond motifs is 8. The molecular formula is C43H34OS. The molecule has 0 radical (unpaired) electrons. The molecule has 0 aliphatic heterocycles. The Labute approximate surface area is 268 Å². The van der Waals surface area contributed by atoms with E-state index in [1.165, 1.54) is 60.5 Å². The predicted octanol–water partition coefficient (Wildman–Crippen LogP) is 11.0. The van der Waals surface area contributed by atoms with Gasteiger partial charge in [0.1, 0.15) is 0 Å². The Morgan fingerprint density at radius 3 is 1.76 bits per heavy atom. The molecule has 0 saturated heterocycles. The van der Waals surface area contributed by atoms with E-state index in [-0.39, 0.29) is 16.3 Å². The molecule has 0 N–H and O–H groups in total. The lowest BCUT2D eigenvalue weighted by Gasteiger charge is -2.23. The van der Waals surface area contributed by atoms with Gasteiger partial charge in [0.15, 0.2) is 5.43 Å². The van der Waals surface area contributed by atoms with Gasteiger partial charge >= 0.3 is 0 Å². The maximum absolute atomic E-state index is 14.2. The average Bonchev–Trinajstić information content (AvgIpc) is 3.44. The summed E-state index contributed by atoms with van der Waals surface area (Å²) in [4.78, 5) is 15.4. The molecule has 0 spiro atoms. The fourth-order valence-corrected chi connectivity index (χ4v) is 9.41. The molecule has 218 valence electrons. The maximum atomic E-state index is 14.2. The number of aryl methyl sites for hydroxylation is 1. The molecule has 0 unspecified atom stereocenters. The van der Waals surface area contributed by atoms with Gasteiger partial charge in [-0.05, 0) is 110 Å². The van der Waals surface area contributed by atoms with E-state index in [4.69, 9.17) is 0 Å². The Bertz CT molecular complexity index is 2350. The van der Waals surface area contributed by atoms with Gasteiger partial charge in [0.2, 0.25) is 0 Å². The van der Waals surface area contributed by atoms with Gasteiger partial charge in [-0.1, -0.05) is 107 Å². The van der Waals surface area contributed by atoms with Crippen molar-refractivity contribution in [3.05, 3.63) is 152 Å². The third kappa shape index (κ3) is 3.76. The van der Waals surface area contributed by atoms with Crippen LogP contribution in [-0.4, -0.2) is 0 Å². The Balaban J connectivity index is 1.12. The molecule has 6 aromatic rings. The Morgan fingerprint density at radius 1 is 0.556 bits per heavy atom. The minimum absolute atomic E-state index is 0.0387. The van der Waals surface area contributed by atoms with Crippen molar-refractivity contribution in [1.82, 2.24) is 0 Å². The van der Waals surface area contributed by atoms with Crippen LogP contribution in [-0.2, 0) is 17.3 Å². The highest BCUT2D eigenvalue weighted by molar-refractivity contribution is 7.18. The maximum Gasteiger partial charge on any atom is 0.195 e. The van der Waals surface area contributed by atoms with Crippen molar-refractivity contribution in [1.29, 1.82) is 0 Å². The standard InChI is InChI=1S/C43H34OS/c1-42(2)35-11-7-5-9-29(35)31-17-13-27(23-37(31)42)25-15-19-39-33(21-25)41(44)34-22-26(16-20-40(34)45-39)28-14-18-32-30-10-6-8-12-36(30)43(3,4)38(32)24-28/h5-15,17-19,21-24H,16,20H2,1-4H3. The van der Waals surface area contributed by atoms with Gasteiger partial charge in [0.05, 0.1) is 0 Å². The molecule has 5 aromatic carbocycles. The van der Waals surface area contributed by atoms with Crippen LogP contribution in [0.1, 0.15) is 72.4 Å². The molecule has 0 saturated carbocycles. The second-order valence-corrected chi connectivity index (χ2v) is 15.1. The quantitative estimate of drug-likeness (QED) is 0.194. The summed E-state index contributed by atoms with van der Waals surface area (Å²) >= 11 is 1.78. The smallest absolute Gasteiger partial charge is 0.195 e. The van der Waals surface area contributed by atoms with Gasteiger partial charge in [-0.3, -0.25) is 4.79 Å². The summed E-state index contributed by atoms with van der Waals surface area (Å²) in [5.41, 5.74) is 16.5. The van der Waals surface area contributed by atoms with Crippen molar-refractivity contribution in [3.63, 3.8) is 0 Å². The van der Waals surface area contributed by atoms with Crippen molar-refractivity contribution in [2.45, 2.75) is 51.4 Å². The molecule has 3 aliphatic carbocycles. The third-order valence-corrected chi connectivity index (χ3v) is 12.1. The van der Waals surface area contributed by atoms with Crippen LogP contribution >= 0.6 is 11.3 Å². The Hall–Kier alpha value is -4.53. The molecule has 3 aliphatic rings. The Kier molecular flexibility index (Phi) is 5.52. The molecule has 0 atom stereocenters. The largest absolute Gasteiger partial charge is 0.289 e. The van der Waals surface area contributed by atoms with E-state index in [0.717, 1.165) is 39.6 Å². The van der Waals surface area contributed by atoms with Crippen LogP contribution in [0.4, 0.5) is 0 Å². The summed E-state index contributed by atoms with van der Waals surface area (Å²) in [6.07, 6.45) is 4.04. The van der Waals surface area contributed by atoms with Gasteiger partial charge in [-0.2, -0.15) is 0 Å². The number of allylic oxidation sites excluding steroid dienone is 1. The van der Waals surface area contributed by atoms with Crippen LogP contribution in [0.3, 0.4) is 0 Å². The van der Waals surface area contributed by atoms with E-state index in [0.29, 0.717) is 0 Å². The highest BCUT2D eigenvalue weighted by atomic mass is 32.1. The normalized spacial score (nSPS) is 16.4. The monoisotopic (exact) mass is 598 g/mol. The van der Waals surface area contributed by atoms with E-state index < -0.39 is 0 Å². The van der Waals surface area contributed by atoms with E-state index >= 15 is 0 Å². The van der Waals surface area contributed by atoms with Crippen molar-refractivity contribution in [2.24, 2.45) is 0 Å². The van der Waals surface area contributed by atoms with Crippen LogP contribution in [0.15, 0.2) is 108 Å². The molecule has 1 heterocycles. The SMILES string of the molecule is CC1(C)c2ccccc2-c2ccc(C3=Cc4c(sc5ccc(-c6ccc7c(c6)C(C)(C)c6ccccc6-7)cc5c4=O)CC3)cc21. The molecule has 45 heavy (non-hydrogen) atoms. The number of rotatable bonds is 2. The topological polar surface area (TPSA) is 17.1 Å². The lowest BCUT2D eigenvalue weighted by atomic mass is 9.81. The van der Waals surface area contributed by atoms with Crippen molar-refractivity contribution < 1.29 is 0 Å². The average molecular weight is 599 g/mol. The Morgan fingerprint density at radius 2 is 1.09 bits per heavy atom. The van der Waals surface area contributed by atoms with Gasteiger partial charge in [-0.25, -0.2) is 0 Å². The molecule has 2 heteroatoms. The highest BCUT2D eigenvalue weighted by Gasteiger charge is 2.36. The van der Waals surface area contributed by atoms with Crippen molar-refractivity contribution in [3.8, 4) is 33.4 Å². The third-order valence-electron chi connectivity index (χ3n) is 10.8. The summed E-state index contributed by atoms with van der Waals surface area (Å²) < 4.78 is 1.07. The lowest BCUT2D eigenvalue weighted by molar-refractivity contribution is 0.660. The number of benzene rings is 5. The first-order valence-corrected chi connectivity index (χ1v) is 16.8. The van der Waals surface area contributed by atoms with Crippen LogP contribution in [0.2, 0.25) is 0 Å². The van der Waals surface area contributed by atoms with E-state index in [9.17, 15) is 4.79 Å². The summed E-state index contributed by atoms with van der Waals surface area (Å²) in [6.45, 7) is 9.29. The van der Waals surface area contributed by atoms with Gasteiger partial charge < -0.3 is 0 Å². The zero-order valence-electron chi connectivity index (χ0n) is 26.1. The van der Waals surface area contributed by atoms with Crippen molar-refractivity contribution in [2.75, 3.05) is 0 Å². The van der Waals surface area contributed by atoms with E-state index in [2.05, 4.69) is 137 Å². The molecule has 0 bridgehead atoms. The molecular weight excluding hydrogens is 565 g/mol. The molecule has 1 aromatic heterocycles. The minimum Gasteiger partial charge on any atom is -0.289 e. The zero-order valence-corrected chi connectivity index (χ0v) is 26.9. The number of hydrogen-bond donors (Lipinski definition) is 0. The molecule has 9 rings (SSSR count). The van der Waals surface area contributed by atoms with E-state index in [1.807, 2.05) is 0 Å². The summed E-state index contributed by atoms with van der Waals surface area (Å²) in [6, 6.07) is 37.8. The first kappa shape index (κ1) is 26.8. The van der Waals surface area contributed by atoms with Crippen molar-refractivity contribution >= 4 is 33.1 Å². The second-order valence-electron chi connectivity index (χ2n) is 14.0. The highest BCUT2D eigenvalue weighted by Crippen LogP contribution is 2.51. The van der Waals surface area contributed by atoms with Crippen LogP contribution in [0.5, 0.6) is 0 Å². The zero-order chi connectivity index (χ0) is 30.7. The first-order valence-electron chi connectivity index (χ1n) is 16.0. The summed E-state index contributed by atoms with van der Waals surface area (Å²) in [5.74, 6) is 0. The van der Waals surface area contributed by atoms with Crippen LogP contribution in [0, 0.1) is 0 Å². The predicted molar refractivity (Wildman–Crippen MR) is 191 cm³/mol. The van der Waals surface area contributed by atoms with Gasteiger partial charge in [-0.15, -0.1) is 11.3 Å².